The molecule has 0 atom stereocenters. The minimum absolute atomic E-state index is 0.373. The van der Waals surface area contributed by atoms with Gasteiger partial charge in [0.25, 0.3) is 4.84 Å². The number of aryl methyl sites for hydroxylation is 1. The van der Waals surface area contributed by atoms with E-state index in [0.29, 0.717) is 10.6 Å². The molecule has 2 rings (SSSR count). The van der Waals surface area contributed by atoms with Gasteiger partial charge in [-0.2, -0.15) is 0 Å². The molecule has 0 bridgehead atoms. The van der Waals surface area contributed by atoms with Gasteiger partial charge in [-0.3, -0.25) is 0 Å². The number of H-pyrrole nitrogens is 1. The molecule has 56 valence electrons. The number of aromatic amines is 1. The van der Waals surface area contributed by atoms with E-state index >= 15 is 0 Å². The summed E-state index contributed by atoms with van der Waals surface area (Å²) in [6, 6.07) is 1.95. The minimum Gasteiger partial charge on any atom is -0.410 e. The Bertz CT molecular complexity index is 443. The van der Waals surface area contributed by atoms with Crippen LogP contribution in [0.25, 0.3) is 11.2 Å². The fourth-order valence-electron chi connectivity index (χ4n) is 0.951. The first kappa shape index (κ1) is 6.54. The highest BCUT2D eigenvalue weighted by molar-refractivity contribution is 7.71. The number of hydrogen-bond acceptors (Lipinski definition) is 3. The van der Waals surface area contributed by atoms with Gasteiger partial charge in [0, 0.05) is 6.20 Å². The van der Waals surface area contributed by atoms with Crippen molar-refractivity contribution in [1.29, 1.82) is 0 Å². The molecule has 2 aromatic heterocycles. The summed E-state index contributed by atoms with van der Waals surface area (Å²) in [7, 11) is 0. The van der Waals surface area contributed by atoms with E-state index in [4.69, 9.17) is 16.6 Å². The third-order valence-corrected chi connectivity index (χ3v) is 1.60. The molecule has 0 aromatic carbocycles. The lowest BCUT2D eigenvalue weighted by atomic mass is 10.3. The zero-order valence-electron chi connectivity index (χ0n) is 5.92. The Hall–Kier alpha value is -1.16. The highest BCUT2D eigenvalue weighted by Crippen LogP contribution is 2.10. The van der Waals surface area contributed by atoms with Crippen LogP contribution in [-0.2, 0) is 0 Å². The maximum Gasteiger partial charge on any atom is 0.268 e. The Morgan fingerprint density at radius 2 is 2.45 bits per heavy atom. The van der Waals surface area contributed by atoms with E-state index in [-0.39, 0.29) is 0 Å². The third kappa shape index (κ3) is 1.05. The van der Waals surface area contributed by atoms with Crippen molar-refractivity contribution in [2.45, 2.75) is 6.92 Å². The van der Waals surface area contributed by atoms with Crippen LogP contribution in [0.5, 0.6) is 0 Å². The van der Waals surface area contributed by atoms with Gasteiger partial charge in [0.1, 0.15) is 5.52 Å². The van der Waals surface area contributed by atoms with Gasteiger partial charge in [-0.05, 0) is 30.8 Å². The summed E-state index contributed by atoms with van der Waals surface area (Å²) in [5.41, 5.74) is 2.51. The largest absolute Gasteiger partial charge is 0.410 e. The molecule has 0 aliphatic heterocycles. The second kappa shape index (κ2) is 2.17. The average Bonchev–Trinajstić information content (AvgIpc) is 2.27. The van der Waals surface area contributed by atoms with Crippen molar-refractivity contribution >= 4 is 23.4 Å². The molecule has 0 aliphatic rings. The highest BCUT2D eigenvalue weighted by Gasteiger charge is 1.98. The van der Waals surface area contributed by atoms with E-state index in [1.165, 1.54) is 0 Å². The molecular formula is C7H6N2OS. The Morgan fingerprint density at radius 3 is 3.27 bits per heavy atom. The van der Waals surface area contributed by atoms with Gasteiger partial charge in [0.15, 0.2) is 0 Å². The van der Waals surface area contributed by atoms with Crippen LogP contribution in [0.4, 0.5) is 0 Å². The Morgan fingerprint density at radius 1 is 1.64 bits per heavy atom. The number of nitrogens with one attached hydrogen (secondary N) is 1. The van der Waals surface area contributed by atoms with Crippen LogP contribution in [0.15, 0.2) is 16.7 Å². The van der Waals surface area contributed by atoms with Crippen molar-refractivity contribution < 1.29 is 4.42 Å². The first-order valence-corrected chi connectivity index (χ1v) is 3.62. The molecule has 3 nitrogen and oxygen atoms in total. The molecule has 0 amide bonds. The first-order chi connectivity index (χ1) is 5.25. The third-order valence-electron chi connectivity index (χ3n) is 1.41. The molecular weight excluding hydrogens is 160 g/mol. The summed E-state index contributed by atoms with van der Waals surface area (Å²) in [6.07, 6.45) is 1.74. The zero-order valence-corrected chi connectivity index (χ0v) is 6.73. The lowest BCUT2D eigenvalue weighted by molar-refractivity contribution is 0.572. The number of nitrogens with zero attached hydrogens (tertiary/aromatic N) is 1. The van der Waals surface area contributed by atoms with Crippen molar-refractivity contribution in [3.05, 3.63) is 22.7 Å². The normalized spacial score (nSPS) is 10.6. The molecule has 2 heterocycles. The quantitative estimate of drug-likeness (QED) is 0.610. The van der Waals surface area contributed by atoms with Gasteiger partial charge >= 0.3 is 0 Å². The van der Waals surface area contributed by atoms with Crippen molar-refractivity contribution in [2.24, 2.45) is 0 Å². The highest BCUT2D eigenvalue weighted by atomic mass is 32.1. The van der Waals surface area contributed by atoms with E-state index in [0.717, 1.165) is 11.1 Å². The van der Waals surface area contributed by atoms with Gasteiger partial charge in [-0.15, -0.1) is 0 Å². The fourth-order valence-corrected chi connectivity index (χ4v) is 1.14. The number of aromatic nitrogens is 2. The molecule has 0 saturated carbocycles. The van der Waals surface area contributed by atoms with Crippen molar-refractivity contribution in [3.8, 4) is 0 Å². The number of pyridine rings is 1. The summed E-state index contributed by atoms with van der Waals surface area (Å²) in [6.45, 7) is 1.97. The Labute approximate surface area is 68.1 Å². The monoisotopic (exact) mass is 166 g/mol. The van der Waals surface area contributed by atoms with Crippen LogP contribution in [0.1, 0.15) is 5.56 Å². The standard InChI is InChI=1S/C7H6N2OS/c1-4-2-5-6(8-3-4)10-7(11)9-5/h2-3H,1H3,(H,9,11). The molecule has 0 fully saturated rings. The lowest BCUT2D eigenvalue weighted by Crippen LogP contribution is -1.76. The van der Waals surface area contributed by atoms with Crippen LogP contribution in [-0.4, -0.2) is 9.97 Å². The van der Waals surface area contributed by atoms with Crippen molar-refractivity contribution in [2.75, 3.05) is 0 Å². The fraction of sp³-hybridized carbons (Fsp3) is 0.143. The molecule has 2 aromatic rings. The second-order valence-electron chi connectivity index (χ2n) is 2.38. The van der Waals surface area contributed by atoms with Crippen LogP contribution < -0.4 is 0 Å². The van der Waals surface area contributed by atoms with E-state index < -0.39 is 0 Å². The zero-order chi connectivity index (χ0) is 7.84. The van der Waals surface area contributed by atoms with Crippen LogP contribution in [0.3, 0.4) is 0 Å². The molecule has 0 unspecified atom stereocenters. The number of fused-ring (bicyclic) bond motifs is 1. The topological polar surface area (TPSA) is 41.8 Å². The molecule has 0 saturated heterocycles. The first-order valence-electron chi connectivity index (χ1n) is 3.21. The van der Waals surface area contributed by atoms with Gasteiger partial charge in [0.05, 0.1) is 0 Å². The average molecular weight is 166 g/mol. The molecule has 4 heteroatoms. The maximum absolute atomic E-state index is 5.07. The van der Waals surface area contributed by atoms with E-state index in [1.807, 2.05) is 13.0 Å². The Kier molecular flexibility index (Phi) is 1.29. The summed E-state index contributed by atoms with van der Waals surface area (Å²) in [5, 5.41) is 0. The van der Waals surface area contributed by atoms with Gasteiger partial charge < -0.3 is 9.40 Å². The summed E-state index contributed by atoms with van der Waals surface area (Å²) in [4.78, 5) is 7.30. The van der Waals surface area contributed by atoms with Gasteiger partial charge in [-0.1, -0.05) is 0 Å². The molecule has 0 aliphatic carbocycles. The van der Waals surface area contributed by atoms with Gasteiger partial charge in [0.2, 0.25) is 5.71 Å². The van der Waals surface area contributed by atoms with Crippen LogP contribution in [0.2, 0.25) is 0 Å². The predicted molar refractivity (Wildman–Crippen MR) is 43.9 cm³/mol. The Balaban J connectivity index is 2.92. The molecule has 11 heavy (non-hydrogen) atoms. The molecule has 0 spiro atoms. The van der Waals surface area contributed by atoms with E-state index in [9.17, 15) is 0 Å². The summed E-state index contributed by atoms with van der Waals surface area (Å²) >= 11 is 4.79. The van der Waals surface area contributed by atoms with Crippen LogP contribution in [0, 0.1) is 11.8 Å². The van der Waals surface area contributed by atoms with Gasteiger partial charge in [-0.25, -0.2) is 4.98 Å². The smallest absolute Gasteiger partial charge is 0.268 e. The number of hydrogen-bond donors (Lipinski definition) is 1. The molecule has 0 radical (unpaired) electrons. The second-order valence-corrected chi connectivity index (χ2v) is 2.75. The summed E-state index contributed by atoms with van der Waals surface area (Å²) in [5.74, 6) is 0. The minimum atomic E-state index is 0.373. The van der Waals surface area contributed by atoms with E-state index in [1.54, 1.807) is 6.20 Å². The maximum atomic E-state index is 5.07. The van der Waals surface area contributed by atoms with Crippen molar-refractivity contribution in [3.63, 3.8) is 0 Å². The SMILES string of the molecule is Cc1cnc2oc(=S)[nH]c2c1. The molecule has 1 N–H and O–H groups in total. The summed E-state index contributed by atoms with van der Waals surface area (Å²) < 4.78 is 5.07. The predicted octanol–water partition coefficient (Wildman–Crippen LogP) is 2.19. The van der Waals surface area contributed by atoms with Crippen LogP contribution >= 0.6 is 12.2 Å². The van der Waals surface area contributed by atoms with Crippen molar-refractivity contribution in [1.82, 2.24) is 9.97 Å². The lowest BCUT2D eigenvalue weighted by Gasteiger charge is -1.87. The number of oxazole rings is 1. The van der Waals surface area contributed by atoms with E-state index in [2.05, 4.69) is 9.97 Å². The number of rotatable bonds is 0.